The molecular weight excluding hydrogens is 236 g/mol. The number of aromatic amines is 1. The summed E-state index contributed by atoms with van der Waals surface area (Å²) in [5, 5.41) is 12.4. The van der Waals surface area contributed by atoms with Gasteiger partial charge < -0.3 is 14.6 Å². The minimum absolute atomic E-state index is 0.147. The van der Waals surface area contributed by atoms with Crippen LogP contribution in [0.1, 0.15) is 0 Å². The van der Waals surface area contributed by atoms with Crippen molar-refractivity contribution in [3.63, 3.8) is 0 Å². The van der Waals surface area contributed by atoms with Crippen molar-refractivity contribution in [3.05, 3.63) is 28.6 Å². The minimum atomic E-state index is -0.387. The van der Waals surface area contributed by atoms with Gasteiger partial charge in [-0.1, -0.05) is 0 Å². The van der Waals surface area contributed by atoms with Crippen molar-refractivity contribution in [3.8, 4) is 28.5 Å². The fourth-order valence-electron chi connectivity index (χ4n) is 1.78. The van der Waals surface area contributed by atoms with E-state index in [2.05, 4.69) is 5.10 Å². The second-order valence-electron chi connectivity index (χ2n) is 3.76. The van der Waals surface area contributed by atoms with Gasteiger partial charge >= 0.3 is 0 Å². The predicted octanol–water partition coefficient (Wildman–Crippen LogP) is 1.10. The van der Waals surface area contributed by atoms with Crippen molar-refractivity contribution in [2.45, 2.75) is 0 Å². The minimum Gasteiger partial charge on any atom is -0.497 e. The van der Waals surface area contributed by atoms with E-state index in [0.29, 0.717) is 17.1 Å². The Kier molecular flexibility index (Phi) is 3.01. The molecule has 0 amide bonds. The summed E-state index contributed by atoms with van der Waals surface area (Å²) in [6.07, 6.45) is 0. The van der Waals surface area contributed by atoms with Crippen LogP contribution in [0, 0.1) is 0 Å². The summed E-state index contributed by atoms with van der Waals surface area (Å²) >= 11 is 0. The lowest BCUT2D eigenvalue weighted by atomic mass is 10.1. The first-order valence-electron chi connectivity index (χ1n) is 5.28. The number of benzene rings is 1. The van der Waals surface area contributed by atoms with Gasteiger partial charge in [0, 0.05) is 12.6 Å². The Balaban J connectivity index is 2.72. The van der Waals surface area contributed by atoms with Crippen molar-refractivity contribution < 1.29 is 14.6 Å². The van der Waals surface area contributed by atoms with Gasteiger partial charge in [0.1, 0.15) is 17.1 Å². The third-order valence-electron chi connectivity index (χ3n) is 2.71. The highest BCUT2D eigenvalue weighted by molar-refractivity contribution is 5.75. The van der Waals surface area contributed by atoms with Gasteiger partial charge in [0.05, 0.1) is 14.2 Å². The zero-order valence-corrected chi connectivity index (χ0v) is 10.4. The lowest BCUT2D eigenvalue weighted by molar-refractivity contribution is 0.403. The Hall–Kier alpha value is -2.37. The second kappa shape index (κ2) is 4.48. The molecule has 0 aliphatic carbocycles. The lowest BCUT2D eigenvalue weighted by Crippen LogP contribution is -2.04. The van der Waals surface area contributed by atoms with Crippen LogP contribution in [0.25, 0.3) is 11.1 Å². The molecule has 0 aliphatic heterocycles. The summed E-state index contributed by atoms with van der Waals surface area (Å²) in [4.78, 5) is 11.8. The molecular formula is C12H14N2O4. The molecule has 18 heavy (non-hydrogen) atoms. The van der Waals surface area contributed by atoms with Crippen molar-refractivity contribution in [1.29, 1.82) is 0 Å². The number of H-pyrrole nitrogens is 1. The van der Waals surface area contributed by atoms with E-state index in [1.165, 1.54) is 18.9 Å². The number of hydrogen-bond donors (Lipinski definition) is 2. The first-order valence-corrected chi connectivity index (χ1v) is 5.28. The van der Waals surface area contributed by atoms with Gasteiger partial charge in [-0.15, -0.1) is 0 Å². The Morgan fingerprint density at radius 3 is 2.50 bits per heavy atom. The maximum Gasteiger partial charge on any atom is 0.276 e. The van der Waals surface area contributed by atoms with Gasteiger partial charge in [-0.05, 0) is 18.2 Å². The highest BCUT2D eigenvalue weighted by Crippen LogP contribution is 2.35. The molecule has 0 aliphatic rings. The van der Waals surface area contributed by atoms with Gasteiger partial charge in [-0.3, -0.25) is 14.6 Å². The molecule has 0 saturated heterocycles. The van der Waals surface area contributed by atoms with Crippen LogP contribution in [0.15, 0.2) is 23.0 Å². The molecule has 96 valence electrons. The van der Waals surface area contributed by atoms with Gasteiger partial charge in [0.25, 0.3) is 5.56 Å². The van der Waals surface area contributed by atoms with Crippen molar-refractivity contribution in [2.75, 3.05) is 14.2 Å². The third-order valence-corrected chi connectivity index (χ3v) is 2.71. The van der Waals surface area contributed by atoms with E-state index >= 15 is 0 Å². The van der Waals surface area contributed by atoms with Crippen molar-refractivity contribution in [1.82, 2.24) is 9.78 Å². The number of aryl methyl sites for hydroxylation is 1. The zero-order chi connectivity index (χ0) is 13.3. The molecule has 6 heteroatoms. The predicted molar refractivity (Wildman–Crippen MR) is 66.2 cm³/mol. The number of nitrogens with zero attached hydrogens (tertiary/aromatic N) is 1. The third kappa shape index (κ3) is 1.81. The summed E-state index contributed by atoms with van der Waals surface area (Å²) in [7, 11) is 4.58. The molecule has 0 radical (unpaired) electrons. The number of hydrogen-bond acceptors (Lipinski definition) is 4. The molecule has 1 aromatic heterocycles. The molecule has 2 N–H and O–H groups in total. The fraction of sp³-hybridized carbons (Fsp3) is 0.250. The second-order valence-corrected chi connectivity index (χ2v) is 3.76. The number of methoxy groups -OCH3 is 2. The fourth-order valence-corrected chi connectivity index (χ4v) is 1.78. The molecule has 0 spiro atoms. The van der Waals surface area contributed by atoms with Crippen LogP contribution < -0.4 is 15.0 Å². The van der Waals surface area contributed by atoms with E-state index in [0.717, 1.165) is 0 Å². The molecule has 0 saturated carbocycles. The van der Waals surface area contributed by atoms with Crippen LogP contribution in [0.5, 0.6) is 17.4 Å². The molecule has 1 heterocycles. The van der Waals surface area contributed by atoms with E-state index in [-0.39, 0.29) is 17.0 Å². The maximum atomic E-state index is 11.8. The first-order chi connectivity index (χ1) is 8.58. The Morgan fingerprint density at radius 1 is 1.28 bits per heavy atom. The van der Waals surface area contributed by atoms with Crippen LogP contribution in [-0.4, -0.2) is 29.1 Å². The molecule has 0 unspecified atom stereocenters. The number of ether oxygens (including phenoxy) is 2. The van der Waals surface area contributed by atoms with E-state index in [4.69, 9.17) is 9.47 Å². The number of nitrogens with one attached hydrogen (secondary N) is 1. The van der Waals surface area contributed by atoms with Crippen molar-refractivity contribution in [2.24, 2.45) is 7.05 Å². The SMILES string of the molecule is COc1ccc(OC)c(-c2c(O)n(C)[nH]c2=O)c1. The average molecular weight is 250 g/mol. The largest absolute Gasteiger partial charge is 0.497 e. The highest BCUT2D eigenvalue weighted by atomic mass is 16.5. The molecule has 2 aromatic rings. The van der Waals surface area contributed by atoms with Crippen LogP contribution in [0.4, 0.5) is 0 Å². The van der Waals surface area contributed by atoms with E-state index in [9.17, 15) is 9.90 Å². The Morgan fingerprint density at radius 2 is 2.00 bits per heavy atom. The summed E-state index contributed by atoms with van der Waals surface area (Å²) in [5.41, 5.74) is 0.256. The maximum absolute atomic E-state index is 11.8. The smallest absolute Gasteiger partial charge is 0.276 e. The Bertz CT molecular complexity index is 627. The van der Waals surface area contributed by atoms with Gasteiger partial charge in [0.15, 0.2) is 0 Å². The molecule has 0 fully saturated rings. The van der Waals surface area contributed by atoms with Gasteiger partial charge in [-0.25, -0.2) is 0 Å². The van der Waals surface area contributed by atoms with Crippen LogP contribution >= 0.6 is 0 Å². The first kappa shape index (κ1) is 12.1. The van der Waals surface area contributed by atoms with Crippen LogP contribution in [0.3, 0.4) is 0 Å². The normalized spacial score (nSPS) is 10.4. The van der Waals surface area contributed by atoms with Gasteiger partial charge in [0.2, 0.25) is 5.88 Å². The lowest BCUT2D eigenvalue weighted by Gasteiger charge is -2.09. The van der Waals surface area contributed by atoms with Gasteiger partial charge in [-0.2, -0.15) is 0 Å². The molecule has 1 aromatic carbocycles. The van der Waals surface area contributed by atoms with E-state index < -0.39 is 0 Å². The molecule has 0 bridgehead atoms. The number of aromatic nitrogens is 2. The van der Waals surface area contributed by atoms with Crippen LogP contribution in [0.2, 0.25) is 0 Å². The summed E-state index contributed by atoms with van der Waals surface area (Å²) < 4.78 is 11.5. The van der Waals surface area contributed by atoms with Crippen molar-refractivity contribution >= 4 is 0 Å². The Labute approximate surface area is 103 Å². The molecule has 2 rings (SSSR count). The zero-order valence-electron chi connectivity index (χ0n) is 10.4. The van der Waals surface area contributed by atoms with Crippen LogP contribution in [-0.2, 0) is 7.05 Å². The highest BCUT2D eigenvalue weighted by Gasteiger charge is 2.18. The summed E-state index contributed by atoms with van der Waals surface area (Å²) in [5.74, 6) is 0.919. The summed E-state index contributed by atoms with van der Waals surface area (Å²) in [6, 6.07) is 5.04. The molecule has 0 atom stereocenters. The monoisotopic (exact) mass is 250 g/mol. The standard InChI is InChI=1S/C12H14N2O4/c1-14-12(16)10(11(15)13-14)8-6-7(17-2)4-5-9(8)18-3/h4-6,16H,1-3H3,(H,13,15). The quantitative estimate of drug-likeness (QED) is 0.855. The number of rotatable bonds is 3. The average Bonchev–Trinajstić information content (AvgIpc) is 2.62. The summed E-state index contributed by atoms with van der Waals surface area (Å²) in [6.45, 7) is 0. The van der Waals surface area contributed by atoms with E-state index in [1.54, 1.807) is 25.2 Å². The molecule has 6 nitrogen and oxygen atoms in total. The van der Waals surface area contributed by atoms with E-state index in [1.807, 2.05) is 0 Å². The topological polar surface area (TPSA) is 76.5 Å². The number of aromatic hydroxyl groups is 1.